The molecule has 0 amide bonds. The summed E-state index contributed by atoms with van der Waals surface area (Å²) in [5.41, 5.74) is 0.171. The van der Waals surface area contributed by atoms with Gasteiger partial charge in [-0.3, -0.25) is 4.79 Å². The van der Waals surface area contributed by atoms with Gasteiger partial charge in [0.1, 0.15) is 0 Å². The van der Waals surface area contributed by atoms with Crippen LogP contribution in [0.25, 0.3) is 0 Å². The highest BCUT2D eigenvalue weighted by atomic mass is 19.2. The lowest BCUT2D eigenvalue weighted by atomic mass is 10.1. The van der Waals surface area contributed by atoms with Gasteiger partial charge in [-0.1, -0.05) is 5.21 Å². The largest absolute Gasteiger partial charge is 0.294 e. The lowest BCUT2D eigenvalue weighted by molar-refractivity contribution is 0.0964. The minimum Gasteiger partial charge on any atom is -0.294 e. The quantitative estimate of drug-likeness (QED) is 0.837. The molecule has 92 valence electrons. The fraction of sp³-hybridized carbons (Fsp3) is 0.273. The fourth-order valence-corrected chi connectivity index (χ4v) is 1.96. The fourth-order valence-electron chi connectivity index (χ4n) is 1.96. The molecule has 5 nitrogen and oxygen atoms in total. The van der Waals surface area contributed by atoms with Crippen LogP contribution in [-0.2, 0) is 0 Å². The summed E-state index contributed by atoms with van der Waals surface area (Å²) in [5.74, 6) is -2.06. The third-order valence-electron chi connectivity index (χ3n) is 3.02. The molecule has 0 saturated heterocycles. The van der Waals surface area contributed by atoms with Gasteiger partial charge < -0.3 is 0 Å². The van der Waals surface area contributed by atoms with Crippen LogP contribution < -0.4 is 0 Å². The van der Waals surface area contributed by atoms with Gasteiger partial charge in [0.2, 0.25) is 0 Å². The molecule has 1 aliphatic rings. The minimum atomic E-state index is -1.02. The maximum absolute atomic E-state index is 13.0. The number of H-pyrrole nitrogens is 1. The minimum absolute atomic E-state index is 0.0793. The first kappa shape index (κ1) is 10.9. The van der Waals surface area contributed by atoms with Crippen LogP contribution in [0.4, 0.5) is 8.78 Å². The number of aromatic nitrogens is 4. The van der Waals surface area contributed by atoms with Gasteiger partial charge in [0, 0.05) is 17.4 Å². The Bertz CT molecular complexity index is 599. The van der Waals surface area contributed by atoms with Crippen molar-refractivity contribution in [3.8, 4) is 0 Å². The van der Waals surface area contributed by atoms with E-state index in [1.165, 1.54) is 6.07 Å². The smallest absolute Gasteiger partial charge is 0.178 e. The predicted octanol–water partition coefficient (Wildman–Crippen LogP) is 1.46. The summed E-state index contributed by atoms with van der Waals surface area (Å²) in [7, 11) is 0. The third-order valence-corrected chi connectivity index (χ3v) is 3.02. The molecule has 1 aromatic heterocycles. The predicted molar refractivity (Wildman–Crippen MR) is 55.7 cm³/mol. The van der Waals surface area contributed by atoms with Crippen molar-refractivity contribution in [3.63, 3.8) is 0 Å². The maximum atomic E-state index is 13.0. The van der Waals surface area contributed by atoms with Gasteiger partial charge in [0.15, 0.2) is 23.2 Å². The van der Waals surface area contributed by atoms with Crippen LogP contribution >= 0.6 is 0 Å². The number of benzene rings is 1. The van der Waals surface area contributed by atoms with Crippen molar-refractivity contribution >= 4 is 5.78 Å². The van der Waals surface area contributed by atoms with Crippen LogP contribution in [0.3, 0.4) is 0 Å². The summed E-state index contributed by atoms with van der Waals surface area (Å²) in [6.45, 7) is 0. The summed E-state index contributed by atoms with van der Waals surface area (Å²) >= 11 is 0. The first-order valence-corrected chi connectivity index (χ1v) is 5.39. The van der Waals surface area contributed by atoms with E-state index in [4.69, 9.17) is 0 Å². The molecule has 1 heterocycles. The molecule has 0 spiro atoms. The average molecular weight is 250 g/mol. The number of carbonyl (C=O) groups excluding carboxylic acids is 1. The van der Waals surface area contributed by atoms with Crippen LogP contribution in [0.1, 0.15) is 28.5 Å². The van der Waals surface area contributed by atoms with Crippen molar-refractivity contribution in [2.24, 2.45) is 5.92 Å². The summed E-state index contributed by atoms with van der Waals surface area (Å²) < 4.78 is 25.8. The Morgan fingerprint density at radius 3 is 2.83 bits per heavy atom. The number of nitrogens with zero attached hydrogens (tertiary/aromatic N) is 3. The number of rotatable bonds is 3. The van der Waals surface area contributed by atoms with E-state index in [-0.39, 0.29) is 23.2 Å². The molecule has 2 atom stereocenters. The molecule has 0 bridgehead atoms. The van der Waals surface area contributed by atoms with Crippen molar-refractivity contribution in [2.45, 2.75) is 12.3 Å². The van der Waals surface area contributed by atoms with E-state index in [2.05, 4.69) is 20.6 Å². The zero-order chi connectivity index (χ0) is 12.7. The van der Waals surface area contributed by atoms with Crippen molar-refractivity contribution in [2.75, 3.05) is 0 Å². The van der Waals surface area contributed by atoms with Crippen molar-refractivity contribution in [3.05, 3.63) is 41.2 Å². The zero-order valence-corrected chi connectivity index (χ0v) is 9.10. The number of hydrogen-bond donors (Lipinski definition) is 1. The van der Waals surface area contributed by atoms with Gasteiger partial charge in [0.05, 0.1) is 0 Å². The third kappa shape index (κ3) is 1.77. The molecule has 1 aliphatic carbocycles. The zero-order valence-electron chi connectivity index (χ0n) is 9.10. The molecule has 0 radical (unpaired) electrons. The summed E-state index contributed by atoms with van der Waals surface area (Å²) in [5, 5.41) is 13.3. The Kier molecular flexibility index (Phi) is 2.39. The highest BCUT2D eigenvalue weighted by molar-refractivity contribution is 6.00. The number of tetrazole rings is 1. The second-order valence-electron chi connectivity index (χ2n) is 4.21. The van der Waals surface area contributed by atoms with E-state index >= 15 is 0 Å². The van der Waals surface area contributed by atoms with E-state index in [0.717, 1.165) is 12.1 Å². The standard InChI is InChI=1S/C11H8F2N4O/c12-8-2-1-5(3-9(8)13)10(18)6-4-7(6)11-14-16-17-15-11/h1-3,6-7H,4H2,(H,14,15,16,17). The molecule has 1 saturated carbocycles. The first-order valence-electron chi connectivity index (χ1n) is 5.39. The number of nitrogens with one attached hydrogen (secondary N) is 1. The molecule has 1 fully saturated rings. The molecule has 1 aromatic carbocycles. The Morgan fingerprint density at radius 1 is 1.33 bits per heavy atom. The van der Waals surface area contributed by atoms with Gasteiger partial charge in [-0.15, -0.1) is 10.2 Å². The lowest BCUT2D eigenvalue weighted by Gasteiger charge is -2.00. The van der Waals surface area contributed by atoms with E-state index in [1.54, 1.807) is 0 Å². The monoisotopic (exact) mass is 250 g/mol. The van der Waals surface area contributed by atoms with Crippen LogP contribution in [0.15, 0.2) is 18.2 Å². The molecular weight excluding hydrogens is 242 g/mol. The van der Waals surface area contributed by atoms with Crippen LogP contribution in [0.5, 0.6) is 0 Å². The van der Waals surface area contributed by atoms with Gasteiger partial charge in [-0.2, -0.15) is 5.21 Å². The van der Waals surface area contributed by atoms with E-state index in [0.29, 0.717) is 12.2 Å². The Hall–Kier alpha value is -2.18. The highest BCUT2D eigenvalue weighted by Gasteiger charge is 2.46. The molecule has 3 rings (SSSR count). The van der Waals surface area contributed by atoms with Crippen molar-refractivity contribution in [1.82, 2.24) is 20.6 Å². The summed E-state index contributed by atoms with van der Waals surface area (Å²) in [6.07, 6.45) is 0.608. The second kappa shape index (κ2) is 3.94. The van der Waals surface area contributed by atoms with Gasteiger partial charge >= 0.3 is 0 Å². The Balaban J connectivity index is 1.78. The summed E-state index contributed by atoms with van der Waals surface area (Å²) in [4.78, 5) is 12.0. The molecule has 1 N–H and O–H groups in total. The Morgan fingerprint density at radius 2 is 2.17 bits per heavy atom. The maximum Gasteiger partial charge on any atom is 0.178 e. The van der Waals surface area contributed by atoms with E-state index in [1.807, 2.05) is 0 Å². The number of aromatic amines is 1. The van der Waals surface area contributed by atoms with E-state index < -0.39 is 11.6 Å². The number of ketones is 1. The molecular formula is C11H8F2N4O. The molecule has 0 aliphatic heterocycles. The average Bonchev–Trinajstić information content (AvgIpc) is 2.98. The van der Waals surface area contributed by atoms with Crippen LogP contribution in [0, 0.1) is 17.6 Å². The number of halogens is 2. The normalized spacial score (nSPS) is 21.9. The van der Waals surface area contributed by atoms with Gasteiger partial charge in [0.25, 0.3) is 0 Å². The number of Topliss-reactive ketones (excluding diaryl/α,β-unsaturated/α-hetero) is 1. The molecule has 7 heteroatoms. The van der Waals surface area contributed by atoms with Crippen molar-refractivity contribution in [1.29, 1.82) is 0 Å². The topological polar surface area (TPSA) is 71.5 Å². The highest BCUT2D eigenvalue weighted by Crippen LogP contribution is 2.47. The van der Waals surface area contributed by atoms with Gasteiger partial charge in [-0.25, -0.2) is 8.78 Å². The Labute approximate surface area is 100 Å². The van der Waals surface area contributed by atoms with E-state index in [9.17, 15) is 13.6 Å². The van der Waals surface area contributed by atoms with Crippen molar-refractivity contribution < 1.29 is 13.6 Å². The molecule has 2 unspecified atom stereocenters. The second-order valence-corrected chi connectivity index (χ2v) is 4.21. The van der Waals surface area contributed by atoms with Gasteiger partial charge in [-0.05, 0) is 24.6 Å². The lowest BCUT2D eigenvalue weighted by Crippen LogP contribution is -2.05. The molecule has 18 heavy (non-hydrogen) atoms. The van der Waals surface area contributed by atoms with Crippen LogP contribution in [0.2, 0.25) is 0 Å². The number of hydrogen-bond acceptors (Lipinski definition) is 4. The summed E-state index contributed by atoms with van der Waals surface area (Å²) in [6, 6.07) is 3.16. The first-order chi connectivity index (χ1) is 8.66. The van der Waals surface area contributed by atoms with Crippen LogP contribution in [-0.4, -0.2) is 26.4 Å². The SMILES string of the molecule is O=C(c1ccc(F)c(F)c1)C1CC1c1nn[nH]n1. The number of carbonyl (C=O) groups is 1. The molecule has 2 aromatic rings.